The minimum Gasteiger partial charge on any atom is -0.456 e. The molecule has 4 fully saturated rings. The Balaban J connectivity index is 1.93. The smallest absolute Gasteiger partial charge is 0.333 e. The summed E-state index contributed by atoms with van der Waals surface area (Å²) < 4.78 is 5.61. The Morgan fingerprint density at radius 1 is 1.32 bits per heavy atom. The van der Waals surface area contributed by atoms with E-state index in [2.05, 4.69) is 11.8 Å². The van der Waals surface area contributed by atoms with Crippen molar-refractivity contribution >= 4 is 5.97 Å². The van der Waals surface area contributed by atoms with Crippen LogP contribution in [0.1, 0.15) is 45.4 Å². The predicted molar refractivity (Wildman–Crippen MR) is 68.3 cm³/mol. The number of esters is 1. The Hall–Kier alpha value is -1.23. The quantitative estimate of drug-likeness (QED) is 0.481. The number of nitrogens with zero attached hydrogens (tertiary/aromatic N) is 1. The van der Waals surface area contributed by atoms with Crippen LogP contribution in [0.2, 0.25) is 0 Å². The lowest BCUT2D eigenvalue weighted by Crippen LogP contribution is -2.66. The zero-order valence-electron chi connectivity index (χ0n) is 11.1. The van der Waals surface area contributed by atoms with Gasteiger partial charge in [0.1, 0.15) is 11.1 Å². The molecule has 4 aliphatic carbocycles. The first-order valence-electron chi connectivity index (χ1n) is 6.75. The SMILES string of the molecule is C=C(C)C(=O)OC12CC3CC(O)(CC(N=O)(C3)C1)C2. The molecule has 1 N–H and O–H groups in total. The van der Waals surface area contributed by atoms with Gasteiger partial charge >= 0.3 is 5.97 Å². The first-order valence-corrected chi connectivity index (χ1v) is 6.75. The standard InChI is InChI=1S/C14H19NO4/c1-9(2)11(16)19-14-5-10-3-12(7-14,15-18)6-13(17,4-10)8-14/h10,17H,1,3-8H2,2H3. The molecule has 0 aromatic heterocycles. The van der Waals surface area contributed by atoms with Gasteiger partial charge in [0.2, 0.25) is 0 Å². The largest absolute Gasteiger partial charge is 0.456 e. The second-order valence-corrected chi connectivity index (χ2v) is 6.90. The summed E-state index contributed by atoms with van der Waals surface area (Å²) in [6.45, 7) is 5.19. The monoisotopic (exact) mass is 265 g/mol. The van der Waals surface area contributed by atoms with Crippen molar-refractivity contribution in [2.75, 3.05) is 0 Å². The second-order valence-electron chi connectivity index (χ2n) is 6.90. The molecule has 4 rings (SSSR count). The lowest BCUT2D eigenvalue weighted by molar-refractivity contribution is -0.221. The van der Waals surface area contributed by atoms with Crippen LogP contribution in [0.4, 0.5) is 0 Å². The minimum atomic E-state index is -0.900. The van der Waals surface area contributed by atoms with Gasteiger partial charge in [-0.1, -0.05) is 11.8 Å². The van der Waals surface area contributed by atoms with E-state index in [1.54, 1.807) is 6.92 Å². The molecule has 0 saturated heterocycles. The molecule has 104 valence electrons. The molecule has 5 nitrogen and oxygen atoms in total. The summed E-state index contributed by atoms with van der Waals surface area (Å²) in [5.74, 6) is -0.219. The van der Waals surface area contributed by atoms with E-state index in [0.717, 1.165) is 6.42 Å². The zero-order chi connectivity index (χ0) is 13.9. The van der Waals surface area contributed by atoms with Gasteiger partial charge in [0, 0.05) is 24.8 Å². The molecule has 5 heteroatoms. The highest BCUT2D eigenvalue weighted by molar-refractivity contribution is 5.87. The predicted octanol–water partition coefficient (Wildman–Crippen LogP) is 2.08. The number of ether oxygens (including phenoxy) is 1. The molecule has 4 saturated carbocycles. The van der Waals surface area contributed by atoms with Crippen LogP contribution in [0.5, 0.6) is 0 Å². The first-order chi connectivity index (χ1) is 8.79. The van der Waals surface area contributed by atoms with Crippen molar-refractivity contribution in [3.63, 3.8) is 0 Å². The molecule has 0 aromatic carbocycles. The third-order valence-corrected chi connectivity index (χ3v) is 4.81. The Morgan fingerprint density at radius 2 is 2.05 bits per heavy atom. The van der Waals surface area contributed by atoms with E-state index in [0.29, 0.717) is 37.7 Å². The highest BCUT2D eigenvalue weighted by Crippen LogP contribution is 2.61. The summed E-state index contributed by atoms with van der Waals surface area (Å²) in [6, 6.07) is 0. The first kappa shape index (κ1) is 12.8. The number of hydrogen-bond acceptors (Lipinski definition) is 5. The lowest BCUT2D eigenvalue weighted by Gasteiger charge is -2.61. The topological polar surface area (TPSA) is 76.0 Å². The number of aliphatic hydroxyl groups is 1. The van der Waals surface area contributed by atoms with Crippen LogP contribution in [0.25, 0.3) is 0 Å². The molecule has 0 radical (unpaired) electrons. The summed E-state index contributed by atoms with van der Waals surface area (Å²) >= 11 is 0. The summed E-state index contributed by atoms with van der Waals surface area (Å²) in [4.78, 5) is 23.1. The maximum atomic E-state index is 11.8. The summed E-state index contributed by atoms with van der Waals surface area (Å²) in [6.07, 6.45) is 3.41. The fourth-order valence-electron chi connectivity index (χ4n) is 4.75. The fraction of sp³-hybridized carbons (Fsp3) is 0.786. The molecule has 0 heterocycles. The van der Waals surface area contributed by atoms with Crippen LogP contribution in [0.3, 0.4) is 0 Å². The molecular formula is C14H19NO4. The van der Waals surface area contributed by atoms with Crippen molar-refractivity contribution in [3.05, 3.63) is 17.1 Å². The highest BCUT2D eigenvalue weighted by atomic mass is 16.6. The summed E-state index contributed by atoms with van der Waals surface area (Å²) in [5, 5.41) is 13.9. The maximum Gasteiger partial charge on any atom is 0.333 e. The van der Waals surface area contributed by atoms with Crippen LogP contribution < -0.4 is 0 Å². The van der Waals surface area contributed by atoms with Crippen LogP contribution in [-0.4, -0.2) is 27.8 Å². The molecule has 4 atom stereocenters. The molecule has 19 heavy (non-hydrogen) atoms. The van der Waals surface area contributed by atoms with Crippen LogP contribution in [0, 0.1) is 10.8 Å². The Bertz CT molecular complexity index is 476. The van der Waals surface area contributed by atoms with Crippen molar-refractivity contribution in [2.24, 2.45) is 11.1 Å². The van der Waals surface area contributed by atoms with Gasteiger partial charge in [-0.15, -0.1) is 0 Å². The molecule has 0 aromatic rings. The summed E-state index contributed by atoms with van der Waals surface area (Å²) in [5.41, 5.74) is -2.03. The molecule has 4 bridgehead atoms. The number of carbonyl (C=O) groups excluding carboxylic acids is 1. The molecule has 4 aliphatic rings. The number of nitroso groups, excluding NO2 is 1. The molecule has 0 aliphatic heterocycles. The van der Waals surface area contributed by atoms with Crippen LogP contribution in [-0.2, 0) is 9.53 Å². The van der Waals surface area contributed by atoms with Crippen molar-refractivity contribution in [1.82, 2.24) is 0 Å². The van der Waals surface area contributed by atoms with E-state index in [1.807, 2.05) is 0 Å². The second kappa shape index (κ2) is 3.66. The van der Waals surface area contributed by atoms with E-state index in [9.17, 15) is 14.8 Å². The summed E-state index contributed by atoms with van der Waals surface area (Å²) in [7, 11) is 0. The van der Waals surface area contributed by atoms with Gasteiger partial charge in [0.15, 0.2) is 0 Å². The number of hydrogen-bond donors (Lipinski definition) is 1. The van der Waals surface area contributed by atoms with E-state index in [1.165, 1.54) is 0 Å². The maximum absolute atomic E-state index is 11.8. The van der Waals surface area contributed by atoms with E-state index < -0.39 is 22.7 Å². The van der Waals surface area contributed by atoms with Gasteiger partial charge in [-0.3, -0.25) is 0 Å². The Morgan fingerprint density at radius 3 is 2.63 bits per heavy atom. The molecule has 4 unspecified atom stereocenters. The molecule has 0 amide bonds. The van der Waals surface area contributed by atoms with Crippen molar-refractivity contribution in [3.8, 4) is 0 Å². The molecule has 0 spiro atoms. The average Bonchev–Trinajstić information content (AvgIpc) is 2.24. The van der Waals surface area contributed by atoms with Gasteiger partial charge in [-0.2, -0.15) is 4.91 Å². The third-order valence-electron chi connectivity index (χ3n) is 4.81. The van der Waals surface area contributed by atoms with E-state index in [-0.39, 0.29) is 5.92 Å². The van der Waals surface area contributed by atoms with Crippen molar-refractivity contribution in [2.45, 2.75) is 62.2 Å². The van der Waals surface area contributed by atoms with Gasteiger partial charge in [-0.05, 0) is 32.1 Å². The van der Waals surface area contributed by atoms with Crippen LogP contribution in [0.15, 0.2) is 17.3 Å². The van der Waals surface area contributed by atoms with Crippen molar-refractivity contribution < 1.29 is 14.6 Å². The van der Waals surface area contributed by atoms with Gasteiger partial charge in [-0.25, -0.2) is 4.79 Å². The Labute approximate surface area is 112 Å². The minimum absolute atomic E-state index is 0.219. The number of rotatable bonds is 3. The Kier molecular flexibility index (Phi) is 2.46. The van der Waals surface area contributed by atoms with Gasteiger partial charge in [0.05, 0.1) is 5.60 Å². The normalized spacial score (nSPS) is 46.9. The average molecular weight is 265 g/mol. The third kappa shape index (κ3) is 1.91. The highest BCUT2D eigenvalue weighted by Gasteiger charge is 2.65. The van der Waals surface area contributed by atoms with Gasteiger partial charge in [0.25, 0.3) is 0 Å². The fourth-order valence-corrected chi connectivity index (χ4v) is 4.75. The lowest BCUT2D eigenvalue weighted by atomic mass is 9.49. The van der Waals surface area contributed by atoms with Gasteiger partial charge < -0.3 is 9.84 Å². The van der Waals surface area contributed by atoms with E-state index in [4.69, 9.17) is 4.74 Å². The number of carbonyl (C=O) groups is 1. The van der Waals surface area contributed by atoms with Crippen molar-refractivity contribution in [1.29, 1.82) is 0 Å². The molecular weight excluding hydrogens is 246 g/mol. The zero-order valence-corrected chi connectivity index (χ0v) is 11.1. The van der Waals surface area contributed by atoms with E-state index >= 15 is 0 Å². The van der Waals surface area contributed by atoms with Crippen LogP contribution >= 0.6 is 0 Å².